The third-order valence-corrected chi connectivity index (χ3v) is 3.39. The minimum atomic E-state index is -0.243. The summed E-state index contributed by atoms with van der Waals surface area (Å²) < 4.78 is 4.62. The molecule has 1 aliphatic rings. The van der Waals surface area contributed by atoms with Crippen LogP contribution in [0.25, 0.3) is 0 Å². The average Bonchev–Trinajstić information content (AvgIpc) is 3.15. The van der Waals surface area contributed by atoms with Crippen molar-refractivity contribution in [1.82, 2.24) is 4.90 Å². The molecule has 0 N–H and O–H groups in total. The van der Waals surface area contributed by atoms with Crippen LogP contribution in [0.3, 0.4) is 0 Å². The minimum Gasteiger partial charge on any atom is -0.469 e. The summed E-state index contributed by atoms with van der Waals surface area (Å²) >= 11 is 0. The Labute approximate surface area is 103 Å². The molecule has 1 saturated carbocycles. The van der Waals surface area contributed by atoms with E-state index in [1.807, 2.05) is 18.7 Å². The standard InChI is InChI=1S/C13H23NO3/c1-4-10(5-2)13(16)14(11-6-7-11)9-8-12(15)17-3/h10-11H,4-9H2,1-3H3. The van der Waals surface area contributed by atoms with Gasteiger partial charge < -0.3 is 9.64 Å². The Kier molecular flexibility index (Phi) is 5.45. The Bertz CT molecular complexity index is 270. The van der Waals surface area contributed by atoms with Crippen LogP contribution in [0.5, 0.6) is 0 Å². The number of esters is 1. The largest absolute Gasteiger partial charge is 0.469 e. The molecule has 1 aliphatic carbocycles. The van der Waals surface area contributed by atoms with E-state index in [1.165, 1.54) is 7.11 Å². The normalized spacial score (nSPS) is 14.8. The molecule has 0 radical (unpaired) electrons. The highest BCUT2D eigenvalue weighted by Gasteiger charge is 2.34. The average molecular weight is 241 g/mol. The molecule has 0 spiro atoms. The first-order valence-corrected chi connectivity index (χ1v) is 6.51. The lowest BCUT2D eigenvalue weighted by Crippen LogP contribution is -2.39. The van der Waals surface area contributed by atoms with Crippen LogP contribution in [-0.2, 0) is 14.3 Å². The zero-order valence-electron chi connectivity index (χ0n) is 11.1. The number of hydrogen-bond acceptors (Lipinski definition) is 3. The second-order valence-electron chi connectivity index (χ2n) is 4.60. The summed E-state index contributed by atoms with van der Waals surface area (Å²) in [5, 5.41) is 0. The maximum atomic E-state index is 12.3. The first-order chi connectivity index (χ1) is 8.13. The molecule has 1 fully saturated rings. The van der Waals surface area contributed by atoms with Crippen LogP contribution in [0.2, 0.25) is 0 Å². The Morgan fingerprint density at radius 3 is 2.29 bits per heavy atom. The zero-order chi connectivity index (χ0) is 12.8. The molecule has 1 rings (SSSR count). The predicted octanol–water partition coefficient (Wildman–Crippen LogP) is 1.98. The number of carbonyl (C=O) groups is 2. The van der Waals surface area contributed by atoms with Crippen LogP contribution < -0.4 is 0 Å². The molecular weight excluding hydrogens is 218 g/mol. The van der Waals surface area contributed by atoms with Crippen LogP contribution in [0.4, 0.5) is 0 Å². The highest BCUT2D eigenvalue weighted by molar-refractivity contribution is 5.80. The van der Waals surface area contributed by atoms with E-state index in [2.05, 4.69) is 4.74 Å². The molecule has 4 heteroatoms. The van der Waals surface area contributed by atoms with Gasteiger partial charge in [-0.05, 0) is 25.7 Å². The highest BCUT2D eigenvalue weighted by Crippen LogP contribution is 2.29. The molecule has 0 heterocycles. The lowest BCUT2D eigenvalue weighted by atomic mass is 10.0. The van der Waals surface area contributed by atoms with Crippen molar-refractivity contribution in [2.45, 2.75) is 52.0 Å². The van der Waals surface area contributed by atoms with Crippen molar-refractivity contribution in [2.24, 2.45) is 5.92 Å². The topological polar surface area (TPSA) is 46.6 Å². The van der Waals surface area contributed by atoms with E-state index in [4.69, 9.17) is 0 Å². The Balaban J connectivity index is 2.52. The molecule has 4 nitrogen and oxygen atoms in total. The molecule has 17 heavy (non-hydrogen) atoms. The lowest BCUT2D eigenvalue weighted by molar-refractivity contribution is -0.142. The Morgan fingerprint density at radius 1 is 1.29 bits per heavy atom. The van der Waals surface area contributed by atoms with Gasteiger partial charge in [0.1, 0.15) is 0 Å². The number of carbonyl (C=O) groups excluding carboxylic acids is 2. The summed E-state index contributed by atoms with van der Waals surface area (Å²) in [6.07, 6.45) is 4.20. The van der Waals surface area contributed by atoms with Gasteiger partial charge >= 0.3 is 5.97 Å². The van der Waals surface area contributed by atoms with Gasteiger partial charge in [0.15, 0.2) is 0 Å². The fourth-order valence-electron chi connectivity index (χ4n) is 2.05. The third-order valence-electron chi connectivity index (χ3n) is 3.39. The smallest absolute Gasteiger partial charge is 0.307 e. The van der Waals surface area contributed by atoms with Crippen LogP contribution in [0.15, 0.2) is 0 Å². The highest BCUT2D eigenvalue weighted by atomic mass is 16.5. The first-order valence-electron chi connectivity index (χ1n) is 6.51. The van der Waals surface area contributed by atoms with Gasteiger partial charge in [-0.25, -0.2) is 0 Å². The van der Waals surface area contributed by atoms with Crippen molar-refractivity contribution in [3.05, 3.63) is 0 Å². The Hall–Kier alpha value is -1.06. The van der Waals surface area contributed by atoms with Crippen molar-refractivity contribution in [1.29, 1.82) is 0 Å². The summed E-state index contributed by atoms with van der Waals surface area (Å²) in [5.74, 6) is 0.0719. The molecule has 0 unspecified atom stereocenters. The second-order valence-corrected chi connectivity index (χ2v) is 4.60. The van der Waals surface area contributed by atoms with Crippen LogP contribution >= 0.6 is 0 Å². The summed E-state index contributed by atoms with van der Waals surface area (Å²) in [5.41, 5.74) is 0. The van der Waals surface area contributed by atoms with E-state index in [0.717, 1.165) is 25.7 Å². The number of hydrogen-bond donors (Lipinski definition) is 0. The van der Waals surface area contributed by atoms with Gasteiger partial charge in [-0.2, -0.15) is 0 Å². The molecular formula is C13H23NO3. The fourth-order valence-corrected chi connectivity index (χ4v) is 2.05. The quantitative estimate of drug-likeness (QED) is 0.640. The van der Waals surface area contributed by atoms with Gasteiger partial charge in [-0.15, -0.1) is 0 Å². The number of methoxy groups -OCH3 is 1. The fraction of sp³-hybridized carbons (Fsp3) is 0.846. The molecule has 98 valence electrons. The maximum Gasteiger partial charge on any atom is 0.307 e. The zero-order valence-corrected chi connectivity index (χ0v) is 11.1. The van der Waals surface area contributed by atoms with Crippen molar-refractivity contribution in [3.8, 4) is 0 Å². The van der Waals surface area contributed by atoms with Gasteiger partial charge in [-0.3, -0.25) is 9.59 Å². The minimum absolute atomic E-state index is 0.105. The van der Waals surface area contributed by atoms with E-state index in [1.54, 1.807) is 0 Å². The Morgan fingerprint density at radius 2 is 1.88 bits per heavy atom. The van der Waals surface area contributed by atoms with E-state index >= 15 is 0 Å². The van der Waals surface area contributed by atoms with E-state index in [-0.39, 0.29) is 17.8 Å². The van der Waals surface area contributed by atoms with Gasteiger partial charge in [0, 0.05) is 18.5 Å². The summed E-state index contributed by atoms with van der Waals surface area (Å²) in [7, 11) is 1.38. The molecule has 0 aliphatic heterocycles. The molecule has 0 saturated heterocycles. The van der Waals surface area contributed by atoms with E-state index in [0.29, 0.717) is 19.0 Å². The van der Waals surface area contributed by atoms with Crippen molar-refractivity contribution < 1.29 is 14.3 Å². The van der Waals surface area contributed by atoms with Crippen LogP contribution in [-0.4, -0.2) is 36.5 Å². The lowest BCUT2D eigenvalue weighted by Gasteiger charge is -2.26. The van der Waals surface area contributed by atoms with Gasteiger partial charge in [0.25, 0.3) is 0 Å². The maximum absolute atomic E-state index is 12.3. The van der Waals surface area contributed by atoms with Gasteiger partial charge in [0.05, 0.1) is 13.5 Å². The number of rotatable bonds is 7. The molecule has 0 aromatic heterocycles. The SMILES string of the molecule is CCC(CC)C(=O)N(CCC(=O)OC)C1CC1. The van der Waals surface area contributed by atoms with Gasteiger partial charge in [0.2, 0.25) is 5.91 Å². The number of nitrogens with zero attached hydrogens (tertiary/aromatic N) is 1. The monoisotopic (exact) mass is 241 g/mol. The van der Waals surface area contributed by atoms with Crippen molar-refractivity contribution >= 4 is 11.9 Å². The summed E-state index contributed by atoms with van der Waals surface area (Å²) in [6.45, 7) is 4.58. The molecule has 0 aromatic carbocycles. The molecule has 0 bridgehead atoms. The second kappa shape index (κ2) is 6.62. The van der Waals surface area contributed by atoms with Crippen LogP contribution in [0, 0.1) is 5.92 Å². The predicted molar refractivity (Wildman–Crippen MR) is 65.4 cm³/mol. The number of ether oxygens (including phenoxy) is 1. The van der Waals surface area contributed by atoms with Crippen LogP contribution in [0.1, 0.15) is 46.0 Å². The summed E-state index contributed by atoms with van der Waals surface area (Å²) in [6, 6.07) is 0.368. The van der Waals surface area contributed by atoms with Crippen molar-refractivity contribution in [2.75, 3.05) is 13.7 Å². The summed E-state index contributed by atoms with van der Waals surface area (Å²) in [4.78, 5) is 25.3. The molecule has 0 aromatic rings. The molecule has 0 atom stereocenters. The van der Waals surface area contributed by atoms with Gasteiger partial charge in [-0.1, -0.05) is 13.8 Å². The van der Waals surface area contributed by atoms with E-state index in [9.17, 15) is 9.59 Å². The van der Waals surface area contributed by atoms with Crippen molar-refractivity contribution in [3.63, 3.8) is 0 Å². The third kappa shape index (κ3) is 4.02. The molecule has 1 amide bonds. The first kappa shape index (κ1) is 14.0. The van der Waals surface area contributed by atoms with E-state index < -0.39 is 0 Å². The number of amides is 1.